The average molecular weight is 303 g/mol. The third-order valence-electron chi connectivity index (χ3n) is 3.12. The molecule has 19 heavy (non-hydrogen) atoms. The fourth-order valence-electron chi connectivity index (χ4n) is 1.94. The van der Waals surface area contributed by atoms with Crippen molar-refractivity contribution in [3.63, 3.8) is 0 Å². The van der Waals surface area contributed by atoms with Crippen molar-refractivity contribution in [2.45, 2.75) is 6.42 Å². The highest BCUT2D eigenvalue weighted by molar-refractivity contribution is 7.16. The lowest BCUT2D eigenvalue weighted by molar-refractivity contribution is 0.223. The fourth-order valence-corrected chi connectivity index (χ4v) is 2.88. The van der Waals surface area contributed by atoms with Gasteiger partial charge in [0.05, 0.1) is 16.8 Å². The van der Waals surface area contributed by atoms with Gasteiger partial charge in [0, 0.05) is 20.1 Å². The number of hydrogen-bond acceptors (Lipinski definition) is 4. The second-order valence-electron chi connectivity index (χ2n) is 4.51. The maximum absolute atomic E-state index is 11.5. The van der Waals surface area contributed by atoms with Crippen LogP contribution in [-0.2, 0) is 13.5 Å². The van der Waals surface area contributed by atoms with Gasteiger partial charge in [0.25, 0.3) is 0 Å². The Bertz CT molecular complexity index is 594. The fraction of sp³-hybridized carbons (Fsp3) is 0.462. The smallest absolute Gasteiger partial charge is 0.307 e. The largest absolute Gasteiger partial charge is 0.395 e. The van der Waals surface area contributed by atoms with Crippen LogP contribution in [0.5, 0.6) is 0 Å². The highest BCUT2D eigenvalue weighted by Crippen LogP contribution is 2.18. The molecule has 2 aromatic rings. The van der Waals surface area contributed by atoms with Gasteiger partial charge in [-0.3, -0.25) is 4.79 Å². The van der Waals surface area contributed by atoms with Gasteiger partial charge in [0.15, 0.2) is 0 Å². The molecule has 1 N–H and O–H groups in total. The Morgan fingerprint density at radius 1 is 1.37 bits per heavy atom. The van der Waals surface area contributed by atoms with E-state index in [-0.39, 0.29) is 23.9 Å². The van der Waals surface area contributed by atoms with Crippen LogP contribution in [0.1, 0.15) is 5.56 Å². The van der Waals surface area contributed by atoms with E-state index in [1.165, 1.54) is 16.9 Å². The van der Waals surface area contributed by atoms with Crippen LogP contribution in [0.15, 0.2) is 23.0 Å². The molecule has 1 heterocycles. The summed E-state index contributed by atoms with van der Waals surface area (Å²) in [5, 5.41) is 8.83. The van der Waals surface area contributed by atoms with Crippen molar-refractivity contribution in [2.24, 2.45) is 7.05 Å². The van der Waals surface area contributed by atoms with Gasteiger partial charge in [0.1, 0.15) is 0 Å². The maximum Gasteiger partial charge on any atom is 0.307 e. The third kappa shape index (κ3) is 3.79. The number of nitrogens with zero attached hydrogens (tertiary/aromatic N) is 2. The molecule has 0 aliphatic rings. The summed E-state index contributed by atoms with van der Waals surface area (Å²) < 4.78 is 2.73. The van der Waals surface area contributed by atoms with Gasteiger partial charge < -0.3 is 14.6 Å². The van der Waals surface area contributed by atoms with E-state index in [1.807, 2.05) is 13.1 Å². The summed E-state index contributed by atoms with van der Waals surface area (Å²) in [5.41, 5.74) is 2.23. The van der Waals surface area contributed by atoms with Gasteiger partial charge in [-0.05, 0) is 31.2 Å². The van der Waals surface area contributed by atoms with E-state index in [0.717, 1.165) is 23.2 Å². The highest BCUT2D eigenvalue weighted by Gasteiger charge is 2.05. The first-order chi connectivity index (χ1) is 8.61. The minimum absolute atomic E-state index is 0. The molecule has 0 aliphatic heterocycles. The number of thiazole rings is 1. The molecule has 106 valence electrons. The molecule has 0 atom stereocenters. The molecular weight excluding hydrogens is 284 g/mol. The number of aliphatic hydroxyl groups is 1. The molecule has 4 nitrogen and oxygen atoms in total. The van der Waals surface area contributed by atoms with Crippen LogP contribution >= 0.6 is 23.7 Å². The molecule has 0 aliphatic carbocycles. The van der Waals surface area contributed by atoms with E-state index in [0.29, 0.717) is 6.54 Å². The van der Waals surface area contributed by atoms with Crippen molar-refractivity contribution in [3.05, 3.63) is 33.4 Å². The van der Waals surface area contributed by atoms with E-state index in [1.54, 1.807) is 11.6 Å². The minimum atomic E-state index is 0. The molecule has 0 fully saturated rings. The van der Waals surface area contributed by atoms with Crippen molar-refractivity contribution in [2.75, 3.05) is 26.7 Å². The molecule has 0 amide bonds. The van der Waals surface area contributed by atoms with Gasteiger partial charge in [-0.25, -0.2) is 0 Å². The van der Waals surface area contributed by atoms with Gasteiger partial charge in [-0.1, -0.05) is 17.4 Å². The summed E-state index contributed by atoms with van der Waals surface area (Å²) in [4.78, 5) is 13.7. The summed E-state index contributed by atoms with van der Waals surface area (Å²) in [6, 6.07) is 6.17. The van der Waals surface area contributed by atoms with Crippen LogP contribution in [0.2, 0.25) is 0 Å². The van der Waals surface area contributed by atoms with Crippen molar-refractivity contribution < 1.29 is 5.11 Å². The van der Waals surface area contributed by atoms with E-state index in [2.05, 4.69) is 17.0 Å². The Hall–Kier alpha value is -0.880. The summed E-state index contributed by atoms with van der Waals surface area (Å²) >= 11 is 1.29. The van der Waals surface area contributed by atoms with Crippen LogP contribution in [-0.4, -0.2) is 41.3 Å². The van der Waals surface area contributed by atoms with E-state index < -0.39 is 0 Å². The Morgan fingerprint density at radius 2 is 2.11 bits per heavy atom. The Labute approximate surface area is 122 Å². The zero-order chi connectivity index (χ0) is 13.1. The van der Waals surface area contributed by atoms with Crippen molar-refractivity contribution in [1.29, 1.82) is 0 Å². The van der Waals surface area contributed by atoms with Gasteiger partial charge in [-0.2, -0.15) is 0 Å². The maximum atomic E-state index is 11.5. The molecule has 0 spiro atoms. The number of benzene rings is 1. The lowest BCUT2D eigenvalue weighted by Crippen LogP contribution is -2.24. The monoisotopic (exact) mass is 302 g/mol. The van der Waals surface area contributed by atoms with Gasteiger partial charge in [0.2, 0.25) is 0 Å². The predicted molar refractivity (Wildman–Crippen MR) is 82.6 cm³/mol. The van der Waals surface area contributed by atoms with Crippen LogP contribution in [0, 0.1) is 0 Å². The molecule has 1 aromatic heterocycles. The van der Waals surface area contributed by atoms with Gasteiger partial charge >= 0.3 is 4.87 Å². The normalized spacial score (nSPS) is 10.9. The van der Waals surface area contributed by atoms with Crippen molar-refractivity contribution in [1.82, 2.24) is 9.47 Å². The molecule has 0 unspecified atom stereocenters. The number of aryl methyl sites for hydroxylation is 1. The van der Waals surface area contributed by atoms with Crippen molar-refractivity contribution >= 4 is 34.0 Å². The number of rotatable bonds is 5. The van der Waals surface area contributed by atoms with E-state index in [9.17, 15) is 4.79 Å². The van der Waals surface area contributed by atoms with Crippen LogP contribution in [0.3, 0.4) is 0 Å². The molecule has 0 saturated carbocycles. The molecule has 0 bridgehead atoms. The molecule has 0 radical (unpaired) electrons. The Kier molecular flexibility index (Phi) is 6.00. The lowest BCUT2D eigenvalue weighted by Gasteiger charge is -2.14. The van der Waals surface area contributed by atoms with Crippen LogP contribution in [0.25, 0.3) is 10.2 Å². The third-order valence-corrected chi connectivity index (χ3v) is 4.12. The quantitative estimate of drug-likeness (QED) is 0.910. The first-order valence-electron chi connectivity index (χ1n) is 5.99. The number of fused-ring (bicyclic) bond motifs is 1. The Balaban J connectivity index is 0.00000180. The molecule has 2 rings (SSSR count). The first kappa shape index (κ1) is 16.2. The zero-order valence-corrected chi connectivity index (χ0v) is 12.8. The number of aromatic nitrogens is 1. The topological polar surface area (TPSA) is 45.5 Å². The summed E-state index contributed by atoms with van der Waals surface area (Å²) in [6.45, 7) is 1.80. The van der Waals surface area contributed by atoms with Crippen LogP contribution < -0.4 is 4.87 Å². The Morgan fingerprint density at radius 3 is 2.79 bits per heavy atom. The number of halogens is 1. The summed E-state index contributed by atoms with van der Waals surface area (Å²) in [5.74, 6) is 0. The summed E-state index contributed by atoms with van der Waals surface area (Å²) in [7, 11) is 3.80. The first-order valence-corrected chi connectivity index (χ1v) is 6.81. The van der Waals surface area contributed by atoms with Gasteiger partial charge in [-0.15, -0.1) is 12.4 Å². The lowest BCUT2D eigenvalue weighted by atomic mass is 10.1. The highest BCUT2D eigenvalue weighted by atomic mass is 35.5. The predicted octanol–water partition coefficient (Wildman–Crippen LogP) is 1.49. The molecule has 6 heteroatoms. The second-order valence-corrected chi connectivity index (χ2v) is 5.50. The van der Waals surface area contributed by atoms with Crippen LogP contribution in [0.4, 0.5) is 0 Å². The number of aliphatic hydroxyl groups excluding tert-OH is 1. The number of hydrogen-bond donors (Lipinski definition) is 1. The minimum Gasteiger partial charge on any atom is -0.395 e. The SMILES string of the molecule is CN(CCO)CCc1ccc2c(c1)sc(=O)n2C.Cl. The second kappa shape index (κ2) is 7.05. The number of likely N-dealkylation sites (N-methyl/N-ethyl adjacent to an activating group) is 1. The standard InChI is InChI=1S/C13H18N2O2S.ClH/c1-14(7-8-16)6-5-10-3-4-11-12(9-10)18-13(17)15(11)2;/h3-4,9,16H,5-8H2,1-2H3;1H. The summed E-state index contributed by atoms with van der Waals surface area (Å²) in [6.07, 6.45) is 0.933. The molecule has 1 aromatic carbocycles. The molecule has 0 saturated heterocycles. The average Bonchev–Trinajstić information content (AvgIpc) is 2.63. The zero-order valence-electron chi connectivity index (χ0n) is 11.1. The molecular formula is C13H19ClN2O2S. The van der Waals surface area contributed by atoms with E-state index >= 15 is 0 Å². The van der Waals surface area contributed by atoms with Crippen molar-refractivity contribution in [3.8, 4) is 0 Å². The van der Waals surface area contributed by atoms with E-state index in [4.69, 9.17) is 5.11 Å².